The van der Waals surface area contributed by atoms with Crippen LogP contribution in [0.4, 0.5) is 4.79 Å². The Bertz CT molecular complexity index is 852. The first-order valence-electron chi connectivity index (χ1n) is 8.24. The SMILES string of the molecule is NC(=O)CC(C(=O)O)N(O)C(=O)OCC1c2ccccc2-c2ccccc21. The summed E-state index contributed by atoms with van der Waals surface area (Å²) in [7, 11) is 0. The number of aliphatic carboxylic acids is 1. The third kappa shape index (κ3) is 3.61. The third-order valence-corrected chi connectivity index (χ3v) is 4.50. The van der Waals surface area contributed by atoms with Crippen LogP contribution in [0, 0.1) is 0 Å². The van der Waals surface area contributed by atoms with Crippen LogP contribution in [0.15, 0.2) is 48.5 Å². The molecule has 0 saturated heterocycles. The average molecular weight is 370 g/mol. The monoisotopic (exact) mass is 370 g/mol. The summed E-state index contributed by atoms with van der Waals surface area (Å²) in [5.74, 6) is -2.77. The molecule has 140 valence electrons. The van der Waals surface area contributed by atoms with E-state index in [0.717, 1.165) is 22.3 Å². The van der Waals surface area contributed by atoms with Crippen LogP contribution < -0.4 is 5.73 Å². The second-order valence-corrected chi connectivity index (χ2v) is 6.17. The predicted octanol–water partition coefficient (Wildman–Crippen LogP) is 1.96. The lowest BCUT2D eigenvalue weighted by Gasteiger charge is -2.22. The van der Waals surface area contributed by atoms with E-state index in [4.69, 9.17) is 15.6 Å². The van der Waals surface area contributed by atoms with Crippen LogP contribution in [0.2, 0.25) is 0 Å². The fourth-order valence-electron chi connectivity index (χ4n) is 3.26. The summed E-state index contributed by atoms with van der Waals surface area (Å²) in [5, 5.41) is 18.8. The third-order valence-electron chi connectivity index (χ3n) is 4.50. The van der Waals surface area contributed by atoms with E-state index in [1.165, 1.54) is 0 Å². The van der Waals surface area contributed by atoms with Gasteiger partial charge in [0.2, 0.25) is 5.91 Å². The highest BCUT2D eigenvalue weighted by Gasteiger charge is 2.34. The molecule has 8 heteroatoms. The Kier molecular flexibility index (Phi) is 5.09. The lowest BCUT2D eigenvalue weighted by atomic mass is 9.98. The molecule has 0 saturated carbocycles. The zero-order chi connectivity index (χ0) is 19.6. The standard InChI is InChI=1S/C19H18N2O6/c20-17(22)9-16(18(23)24)21(26)19(25)27-10-15-13-7-3-1-5-11(13)12-6-2-4-8-14(12)15/h1-8,15-16,26H,9-10H2,(H2,20,22)(H,23,24). The molecule has 0 radical (unpaired) electrons. The van der Waals surface area contributed by atoms with Gasteiger partial charge >= 0.3 is 12.1 Å². The van der Waals surface area contributed by atoms with Gasteiger partial charge in [0.15, 0.2) is 6.04 Å². The molecular formula is C19H18N2O6. The van der Waals surface area contributed by atoms with Gasteiger partial charge in [-0.05, 0) is 22.3 Å². The van der Waals surface area contributed by atoms with Gasteiger partial charge in [-0.2, -0.15) is 5.06 Å². The number of nitrogens with two attached hydrogens (primary N) is 1. The molecule has 1 atom stereocenters. The van der Waals surface area contributed by atoms with Gasteiger partial charge < -0.3 is 15.6 Å². The molecule has 0 aliphatic heterocycles. The van der Waals surface area contributed by atoms with Crippen LogP contribution in [0.3, 0.4) is 0 Å². The Morgan fingerprint density at radius 3 is 2.04 bits per heavy atom. The van der Waals surface area contributed by atoms with Crippen molar-refractivity contribution in [1.29, 1.82) is 0 Å². The molecule has 1 aliphatic rings. The molecule has 0 fully saturated rings. The van der Waals surface area contributed by atoms with Crippen molar-refractivity contribution in [3.8, 4) is 11.1 Å². The van der Waals surface area contributed by atoms with Crippen LogP contribution >= 0.6 is 0 Å². The van der Waals surface area contributed by atoms with Crippen molar-refractivity contribution in [3.05, 3.63) is 59.7 Å². The van der Waals surface area contributed by atoms with Crippen molar-refractivity contribution in [1.82, 2.24) is 5.06 Å². The Labute approximate surface area is 154 Å². The minimum atomic E-state index is -1.81. The highest BCUT2D eigenvalue weighted by Crippen LogP contribution is 2.44. The minimum Gasteiger partial charge on any atom is -0.480 e. The molecule has 1 aliphatic carbocycles. The first kappa shape index (κ1) is 18.4. The molecule has 2 aromatic carbocycles. The Morgan fingerprint density at radius 2 is 1.56 bits per heavy atom. The van der Waals surface area contributed by atoms with Crippen LogP contribution in [0.5, 0.6) is 0 Å². The fourth-order valence-corrected chi connectivity index (χ4v) is 3.26. The molecule has 0 bridgehead atoms. The molecule has 2 amide bonds. The molecule has 3 rings (SSSR count). The van der Waals surface area contributed by atoms with Gasteiger partial charge in [0.25, 0.3) is 0 Å². The van der Waals surface area contributed by atoms with Gasteiger partial charge in [0, 0.05) is 5.92 Å². The average Bonchev–Trinajstić information content (AvgIpc) is 2.97. The first-order valence-corrected chi connectivity index (χ1v) is 8.24. The van der Waals surface area contributed by atoms with E-state index < -0.39 is 30.4 Å². The summed E-state index contributed by atoms with van der Waals surface area (Å²) in [5.41, 5.74) is 8.98. The van der Waals surface area contributed by atoms with Crippen LogP contribution in [0.25, 0.3) is 11.1 Å². The molecule has 0 heterocycles. The first-order chi connectivity index (χ1) is 12.9. The topological polar surface area (TPSA) is 130 Å². The lowest BCUT2D eigenvalue weighted by Crippen LogP contribution is -2.45. The van der Waals surface area contributed by atoms with Crippen molar-refractivity contribution in [2.24, 2.45) is 5.73 Å². The summed E-state index contributed by atoms with van der Waals surface area (Å²) in [4.78, 5) is 34.2. The number of fused-ring (bicyclic) bond motifs is 3. The van der Waals surface area contributed by atoms with E-state index in [1.54, 1.807) is 0 Å². The van der Waals surface area contributed by atoms with E-state index in [9.17, 15) is 19.6 Å². The van der Waals surface area contributed by atoms with E-state index in [2.05, 4.69) is 0 Å². The maximum Gasteiger partial charge on any atom is 0.434 e. The number of carboxylic acids is 1. The molecule has 27 heavy (non-hydrogen) atoms. The van der Waals surface area contributed by atoms with Crippen LogP contribution in [0.1, 0.15) is 23.5 Å². The number of benzene rings is 2. The molecule has 0 aromatic heterocycles. The maximum absolute atomic E-state index is 12.1. The van der Waals surface area contributed by atoms with Gasteiger partial charge in [-0.3, -0.25) is 10.0 Å². The number of nitrogens with zero attached hydrogens (tertiary/aromatic N) is 1. The fraction of sp³-hybridized carbons (Fsp3) is 0.211. The number of ether oxygens (including phenoxy) is 1. The van der Waals surface area contributed by atoms with Crippen LogP contribution in [-0.4, -0.2) is 46.0 Å². The van der Waals surface area contributed by atoms with Gasteiger partial charge in [-0.1, -0.05) is 48.5 Å². The normalized spacial score (nSPS) is 13.4. The number of carbonyl (C=O) groups is 3. The second kappa shape index (κ2) is 7.46. The number of hydroxylamine groups is 2. The maximum atomic E-state index is 12.1. The van der Waals surface area contributed by atoms with Crippen molar-refractivity contribution in [3.63, 3.8) is 0 Å². The van der Waals surface area contributed by atoms with Gasteiger partial charge in [0.05, 0.1) is 6.42 Å². The summed E-state index contributed by atoms with van der Waals surface area (Å²) in [6, 6.07) is 13.6. The smallest absolute Gasteiger partial charge is 0.434 e. The summed E-state index contributed by atoms with van der Waals surface area (Å²) >= 11 is 0. The van der Waals surface area contributed by atoms with E-state index in [0.29, 0.717) is 0 Å². The van der Waals surface area contributed by atoms with Crippen molar-refractivity contribution in [2.75, 3.05) is 6.61 Å². The van der Waals surface area contributed by atoms with E-state index >= 15 is 0 Å². The predicted molar refractivity (Wildman–Crippen MR) is 93.9 cm³/mol. The minimum absolute atomic E-state index is 0.0904. The molecule has 8 nitrogen and oxygen atoms in total. The number of carboxylic acid groups (broad SMARTS) is 1. The van der Waals surface area contributed by atoms with Crippen LogP contribution in [-0.2, 0) is 14.3 Å². The van der Waals surface area contributed by atoms with Crippen molar-refractivity contribution in [2.45, 2.75) is 18.4 Å². The highest BCUT2D eigenvalue weighted by atomic mass is 16.6. The number of rotatable bonds is 6. The Morgan fingerprint density at radius 1 is 1.04 bits per heavy atom. The summed E-state index contributed by atoms with van der Waals surface area (Å²) < 4.78 is 5.14. The van der Waals surface area contributed by atoms with E-state index in [-0.39, 0.29) is 17.6 Å². The number of carbonyl (C=O) groups excluding carboxylic acids is 2. The number of amides is 2. The second-order valence-electron chi connectivity index (χ2n) is 6.17. The number of hydrogen-bond donors (Lipinski definition) is 3. The zero-order valence-electron chi connectivity index (χ0n) is 14.2. The van der Waals surface area contributed by atoms with E-state index in [1.807, 2.05) is 48.5 Å². The molecule has 1 unspecified atom stereocenters. The highest BCUT2D eigenvalue weighted by molar-refractivity contribution is 5.86. The number of primary amides is 1. The summed E-state index contributed by atoms with van der Waals surface area (Å²) in [6.45, 7) is -0.0904. The molecule has 4 N–H and O–H groups in total. The molecule has 0 spiro atoms. The van der Waals surface area contributed by atoms with Gasteiger partial charge in [0.1, 0.15) is 6.61 Å². The van der Waals surface area contributed by atoms with Crippen molar-refractivity contribution >= 4 is 18.0 Å². The number of hydrogen-bond acceptors (Lipinski definition) is 5. The van der Waals surface area contributed by atoms with Crippen molar-refractivity contribution < 1.29 is 29.4 Å². The lowest BCUT2D eigenvalue weighted by molar-refractivity contribution is -0.163. The Balaban J connectivity index is 1.75. The Hall–Kier alpha value is -3.39. The zero-order valence-corrected chi connectivity index (χ0v) is 14.2. The molecule has 2 aromatic rings. The van der Waals surface area contributed by atoms with Gasteiger partial charge in [-0.15, -0.1) is 0 Å². The van der Waals surface area contributed by atoms with Gasteiger partial charge in [-0.25, -0.2) is 9.59 Å². The quantitative estimate of drug-likeness (QED) is 0.526. The molecular weight excluding hydrogens is 352 g/mol. The summed E-state index contributed by atoms with van der Waals surface area (Å²) in [6.07, 6.45) is -1.98. The largest absolute Gasteiger partial charge is 0.480 e.